The van der Waals surface area contributed by atoms with Crippen molar-refractivity contribution in [3.05, 3.63) is 45.6 Å². The zero-order chi connectivity index (χ0) is 16.3. The van der Waals surface area contributed by atoms with Gasteiger partial charge < -0.3 is 4.74 Å². The number of ether oxygens (including phenoxy) is 1. The molecule has 2 rings (SSSR count). The molecule has 0 radical (unpaired) electrons. The molecule has 8 heteroatoms. The van der Waals surface area contributed by atoms with Crippen LogP contribution in [0.1, 0.15) is 16.1 Å². The lowest BCUT2D eigenvalue weighted by molar-refractivity contribution is -0.384. The Kier molecular flexibility index (Phi) is 4.71. The predicted octanol–water partition coefficient (Wildman–Crippen LogP) is 2.87. The maximum Gasteiger partial charge on any atom is 0.341 e. The summed E-state index contributed by atoms with van der Waals surface area (Å²) in [7, 11) is 1.27. The summed E-state index contributed by atoms with van der Waals surface area (Å²) in [6.07, 6.45) is 1.81. The zero-order valence-electron chi connectivity index (χ0n) is 12.2. The Morgan fingerprint density at radius 1 is 1.36 bits per heavy atom. The van der Waals surface area contributed by atoms with Gasteiger partial charge in [0.1, 0.15) is 5.56 Å². The monoisotopic (exact) mass is 319 g/mol. The molecule has 0 amide bonds. The van der Waals surface area contributed by atoms with E-state index in [2.05, 4.69) is 9.97 Å². The highest BCUT2D eigenvalue weighted by atomic mass is 32.2. The second-order valence-corrected chi connectivity index (χ2v) is 5.09. The molecule has 0 aliphatic rings. The number of hydrogen-bond donors (Lipinski definition) is 0. The summed E-state index contributed by atoms with van der Waals surface area (Å²) in [6.45, 7) is 1.68. The number of benzene rings is 1. The Labute approximate surface area is 130 Å². The van der Waals surface area contributed by atoms with E-state index in [0.717, 1.165) is 0 Å². The van der Waals surface area contributed by atoms with E-state index in [1.165, 1.54) is 31.0 Å². The second kappa shape index (κ2) is 6.52. The van der Waals surface area contributed by atoms with Gasteiger partial charge in [0.25, 0.3) is 5.69 Å². The molecular formula is C14H13N3O4S. The predicted molar refractivity (Wildman–Crippen MR) is 82.0 cm³/mol. The van der Waals surface area contributed by atoms with Gasteiger partial charge in [-0.2, -0.15) is 0 Å². The largest absolute Gasteiger partial charge is 0.465 e. The van der Waals surface area contributed by atoms with Gasteiger partial charge in [-0.15, -0.1) is 0 Å². The number of methoxy groups -OCH3 is 1. The van der Waals surface area contributed by atoms with Crippen LogP contribution in [0.3, 0.4) is 0 Å². The van der Waals surface area contributed by atoms with E-state index in [4.69, 9.17) is 4.74 Å². The average Bonchev–Trinajstić information content (AvgIpc) is 2.53. The van der Waals surface area contributed by atoms with Gasteiger partial charge in [-0.05, 0) is 13.2 Å². The van der Waals surface area contributed by atoms with Crippen molar-refractivity contribution in [2.45, 2.75) is 12.1 Å². The summed E-state index contributed by atoms with van der Waals surface area (Å²) in [5, 5.41) is 11.4. The second-order valence-electron chi connectivity index (χ2n) is 4.32. The van der Waals surface area contributed by atoms with Crippen LogP contribution < -0.4 is 0 Å². The van der Waals surface area contributed by atoms with Crippen LogP contribution in [-0.4, -0.2) is 34.2 Å². The minimum absolute atomic E-state index is 0.0738. The molecule has 0 aliphatic heterocycles. The summed E-state index contributed by atoms with van der Waals surface area (Å²) in [4.78, 5) is 31.0. The van der Waals surface area contributed by atoms with E-state index in [9.17, 15) is 14.9 Å². The number of carbonyl (C=O) groups excluding carboxylic acids is 1. The normalized spacial score (nSPS) is 10.3. The number of aromatic nitrogens is 2. The Morgan fingerprint density at radius 3 is 2.68 bits per heavy atom. The van der Waals surface area contributed by atoms with E-state index in [1.54, 1.807) is 19.1 Å². The molecule has 1 heterocycles. The maximum atomic E-state index is 12.0. The summed E-state index contributed by atoms with van der Waals surface area (Å²) < 4.78 is 4.77. The third-order valence-corrected chi connectivity index (χ3v) is 3.52. The molecule has 22 heavy (non-hydrogen) atoms. The van der Waals surface area contributed by atoms with E-state index >= 15 is 0 Å². The summed E-state index contributed by atoms with van der Waals surface area (Å²) in [5.41, 5.74) is 1.39. The van der Waals surface area contributed by atoms with Gasteiger partial charge in [0.2, 0.25) is 0 Å². The molecule has 0 saturated heterocycles. The van der Waals surface area contributed by atoms with Gasteiger partial charge in [-0.25, -0.2) is 14.8 Å². The molecule has 0 saturated carbocycles. The van der Waals surface area contributed by atoms with Crippen molar-refractivity contribution in [2.24, 2.45) is 0 Å². The fourth-order valence-electron chi connectivity index (χ4n) is 1.96. The number of nitro groups is 1. The molecular weight excluding hydrogens is 306 g/mol. The van der Waals surface area contributed by atoms with Crippen molar-refractivity contribution in [1.29, 1.82) is 0 Å². The number of thioether (sulfide) groups is 1. The SMILES string of the molecule is COC(=O)c1c(C)nc(SC)nc1-c1cccc([N+](=O)[O-])c1. The van der Waals surface area contributed by atoms with Crippen LogP contribution in [0.2, 0.25) is 0 Å². The van der Waals surface area contributed by atoms with Crippen LogP contribution >= 0.6 is 11.8 Å². The quantitative estimate of drug-likeness (QED) is 0.281. The van der Waals surface area contributed by atoms with Crippen molar-refractivity contribution < 1.29 is 14.5 Å². The smallest absolute Gasteiger partial charge is 0.341 e. The number of carbonyl (C=O) groups is 1. The van der Waals surface area contributed by atoms with Gasteiger partial charge in [-0.1, -0.05) is 23.9 Å². The van der Waals surface area contributed by atoms with Gasteiger partial charge >= 0.3 is 5.97 Å². The lowest BCUT2D eigenvalue weighted by Gasteiger charge is -2.11. The number of hydrogen-bond acceptors (Lipinski definition) is 7. The van der Waals surface area contributed by atoms with Crippen molar-refractivity contribution >= 4 is 23.4 Å². The highest BCUT2D eigenvalue weighted by Gasteiger charge is 2.21. The standard InChI is InChI=1S/C14H13N3O4S/c1-8-11(13(18)21-2)12(16-14(15-8)22-3)9-5-4-6-10(7-9)17(19)20/h4-7H,1-3H3. The lowest BCUT2D eigenvalue weighted by atomic mass is 10.0. The first kappa shape index (κ1) is 15.9. The molecule has 0 N–H and O–H groups in total. The molecule has 0 bridgehead atoms. The van der Waals surface area contributed by atoms with Crippen molar-refractivity contribution in [3.63, 3.8) is 0 Å². The number of aryl methyl sites for hydroxylation is 1. The van der Waals surface area contributed by atoms with Crippen LogP contribution in [0.4, 0.5) is 5.69 Å². The van der Waals surface area contributed by atoms with Gasteiger partial charge in [0.15, 0.2) is 5.16 Å². The first-order valence-electron chi connectivity index (χ1n) is 6.23. The third kappa shape index (κ3) is 3.06. The summed E-state index contributed by atoms with van der Waals surface area (Å²) in [6, 6.07) is 5.96. The fourth-order valence-corrected chi connectivity index (χ4v) is 2.37. The Balaban J connectivity index is 2.71. The minimum atomic E-state index is -0.577. The first-order valence-corrected chi connectivity index (χ1v) is 7.46. The van der Waals surface area contributed by atoms with Gasteiger partial charge in [-0.3, -0.25) is 10.1 Å². The molecule has 0 unspecified atom stereocenters. The average molecular weight is 319 g/mol. The number of esters is 1. The molecule has 2 aromatic rings. The van der Waals surface area contributed by atoms with Gasteiger partial charge in [0.05, 0.1) is 23.4 Å². The van der Waals surface area contributed by atoms with Crippen LogP contribution in [0.15, 0.2) is 29.4 Å². The number of nitro benzene ring substituents is 1. The van der Waals surface area contributed by atoms with Crippen molar-refractivity contribution in [3.8, 4) is 11.3 Å². The van der Waals surface area contributed by atoms with Gasteiger partial charge in [0, 0.05) is 17.7 Å². The highest BCUT2D eigenvalue weighted by molar-refractivity contribution is 7.98. The number of non-ortho nitro benzene ring substituents is 1. The molecule has 7 nitrogen and oxygen atoms in total. The lowest BCUT2D eigenvalue weighted by Crippen LogP contribution is -2.10. The highest BCUT2D eigenvalue weighted by Crippen LogP contribution is 2.28. The molecule has 1 aromatic carbocycles. The molecule has 1 aromatic heterocycles. The fraction of sp³-hybridized carbons (Fsp3) is 0.214. The minimum Gasteiger partial charge on any atom is -0.465 e. The van der Waals surface area contributed by atoms with E-state index in [0.29, 0.717) is 22.1 Å². The summed E-state index contributed by atoms with van der Waals surface area (Å²) >= 11 is 1.32. The first-order chi connectivity index (χ1) is 10.5. The van der Waals surface area contributed by atoms with E-state index in [1.807, 2.05) is 6.26 Å². The van der Waals surface area contributed by atoms with Crippen molar-refractivity contribution in [1.82, 2.24) is 9.97 Å². The Hall–Kier alpha value is -2.48. The van der Waals surface area contributed by atoms with Crippen LogP contribution in [0, 0.1) is 17.0 Å². The number of nitrogens with zero attached hydrogens (tertiary/aromatic N) is 3. The van der Waals surface area contributed by atoms with E-state index in [-0.39, 0.29) is 11.3 Å². The van der Waals surface area contributed by atoms with Crippen LogP contribution in [0.5, 0.6) is 0 Å². The zero-order valence-corrected chi connectivity index (χ0v) is 13.0. The van der Waals surface area contributed by atoms with Crippen molar-refractivity contribution in [2.75, 3.05) is 13.4 Å². The molecule has 114 valence electrons. The Bertz CT molecular complexity index is 749. The van der Waals surface area contributed by atoms with Crippen LogP contribution in [0.25, 0.3) is 11.3 Å². The Morgan fingerprint density at radius 2 is 2.09 bits per heavy atom. The molecule has 0 aliphatic carbocycles. The topological polar surface area (TPSA) is 95.2 Å². The third-order valence-electron chi connectivity index (χ3n) is 2.97. The molecule has 0 atom stereocenters. The summed E-state index contributed by atoms with van der Waals surface area (Å²) in [5.74, 6) is -0.577. The van der Waals surface area contributed by atoms with E-state index < -0.39 is 10.9 Å². The maximum absolute atomic E-state index is 12.0. The molecule has 0 fully saturated rings. The number of rotatable bonds is 4. The molecule has 0 spiro atoms. The van der Waals surface area contributed by atoms with Crippen LogP contribution in [-0.2, 0) is 4.74 Å².